The van der Waals surface area contributed by atoms with Crippen molar-refractivity contribution in [3.63, 3.8) is 0 Å². The number of rotatable bonds is 3. The third-order valence-electron chi connectivity index (χ3n) is 3.48. The van der Waals surface area contributed by atoms with E-state index in [1.165, 1.54) is 6.07 Å². The molecule has 0 saturated carbocycles. The number of carbonyl (C=O) groups excluding carboxylic acids is 1. The van der Waals surface area contributed by atoms with E-state index in [-0.39, 0.29) is 6.10 Å². The molecule has 1 aromatic heterocycles. The van der Waals surface area contributed by atoms with Crippen LogP contribution in [0.5, 0.6) is 5.75 Å². The minimum atomic E-state index is -0.519. The Kier molecular flexibility index (Phi) is 3.61. The van der Waals surface area contributed by atoms with Gasteiger partial charge >= 0.3 is 0 Å². The van der Waals surface area contributed by atoms with Crippen molar-refractivity contribution in [2.24, 2.45) is 5.73 Å². The van der Waals surface area contributed by atoms with Crippen LogP contribution in [0, 0.1) is 0 Å². The molecule has 2 heterocycles. The van der Waals surface area contributed by atoms with Gasteiger partial charge in [-0.2, -0.15) is 0 Å². The van der Waals surface area contributed by atoms with Crippen molar-refractivity contribution < 1.29 is 13.9 Å². The maximum absolute atomic E-state index is 11.1. The minimum absolute atomic E-state index is 0.231. The van der Waals surface area contributed by atoms with E-state index < -0.39 is 5.91 Å². The van der Waals surface area contributed by atoms with Gasteiger partial charge in [0.15, 0.2) is 6.10 Å². The predicted molar refractivity (Wildman–Crippen MR) is 78.4 cm³/mol. The molecule has 0 saturated heterocycles. The number of nitrogens with zero attached hydrogens (tertiary/aromatic N) is 1. The second-order valence-electron chi connectivity index (χ2n) is 5.12. The van der Waals surface area contributed by atoms with E-state index in [1.54, 1.807) is 18.4 Å². The van der Waals surface area contributed by atoms with Crippen molar-refractivity contribution in [2.75, 3.05) is 13.6 Å². The highest BCUT2D eigenvalue weighted by molar-refractivity contribution is 6.32. The first-order chi connectivity index (χ1) is 10.0. The minimum Gasteiger partial charge on any atom is -0.480 e. The van der Waals surface area contributed by atoms with Gasteiger partial charge in [-0.3, -0.25) is 9.69 Å². The van der Waals surface area contributed by atoms with Crippen LogP contribution < -0.4 is 10.5 Å². The molecule has 0 radical (unpaired) electrons. The fourth-order valence-electron chi connectivity index (χ4n) is 2.48. The molecule has 21 heavy (non-hydrogen) atoms. The lowest BCUT2D eigenvalue weighted by Gasteiger charge is -2.29. The molecule has 1 unspecified atom stereocenters. The highest BCUT2D eigenvalue weighted by Gasteiger charge is 2.28. The Morgan fingerprint density at radius 2 is 2.29 bits per heavy atom. The smallest absolute Gasteiger partial charge is 0.248 e. The van der Waals surface area contributed by atoms with Crippen LogP contribution in [0.15, 0.2) is 34.9 Å². The Bertz CT molecular complexity index is 683. The van der Waals surface area contributed by atoms with Crippen molar-refractivity contribution in [3.05, 3.63) is 52.4 Å². The molecule has 1 amide bonds. The molecule has 2 N–H and O–H groups in total. The zero-order valence-electron chi connectivity index (χ0n) is 11.5. The predicted octanol–water partition coefficient (Wildman–Crippen LogP) is 2.60. The van der Waals surface area contributed by atoms with E-state index in [2.05, 4.69) is 4.90 Å². The number of hydrogen-bond acceptors (Lipinski definition) is 4. The Labute approximate surface area is 127 Å². The van der Waals surface area contributed by atoms with Crippen LogP contribution in [0.3, 0.4) is 0 Å². The maximum atomic E-state index is 11.1. The lowest BCUT2D eigenvalue weighted by atomic mass is 10.1. The lowest BCUT2D eigenvalue weighted by Crippen LogP contribution is -2.32. The zero-order chi connectivity index (χ0) is 15.0. The van der Waals surface area contributed by atoms with Gasteiger partial charge in [0, 0.05) is 24.2 Å². The first-order valence-corrected chi connectivity index (χ1v) is 6.93. The molecule has 2 aromatic rings. The molecule has 3 rings (SSSR count). The quantitative estimate of drug-likeness (QED) is 0.946. The number of benzene rings is 1. The molecular formula is C15H15ClN2O3. The summed E-state index contributed by atoms with van der Waals surface area (Å²) < 4.78 is 11.5. The molecule has 0 spiro atoms. The monoisotopic (exact) mass is 306 g/mol. The number of fused-ring (bicyclic) bond motifs is 1. The van der Waals surface area contributed by atoms with Gasteiger partial charge in [-0.15, -0.1) is 0 Å². The van der Waals surface area contributed by atoms with E-state index in [0.29, 0.717) is 22.9 Å². The molecule has 0 bridgehead atoms. The summed E-state index contributed by atoms with van der Waals surface area (Å²) in [6.45, 7) is 1.54. The number of nitrogens with two attached hydrogens (primary N) is 1. The summed E-state index contributed by atoms with van der Waals surface area (Å²) in [5.41, 5.74) is 6.69. The maximum Gasteiger partial charge on any atom is 0.248 e. The molecular weight excluding hydrogens is 292 g/mol. The second-order valence-corrected chi connectivity index (χ2v) is 5.53. The Balaban J connectivity index is 1.86. The van der Waals surface area contributed by atoms with Gasteiger partial charge in [0.25, 0.3) is 0 Å². The molecule has 1 aromatic carbocycles. The summed E-state index contributed by atoms with van der Waals surface area (Å²) in [5, 5.41) is 0.354. The van der Waals surface area contributed by atoms with Crippen molar-refractivity contribution in [1.82, 2.24) is 4.90 Å². The van der Waals surface area contributed by atoms with Crippen LogP contribution >= 0.6 is 11.6 Å². The van der Waals surface area contributed by atoms with Gasteiger partial charge in [0.1, 0.15) is 11.5 Å². The average molecular weight is 307 g/mol. The molecule has 0 fully saturated rings. The van der Waals surface area contributed by atoms with Gasteiger partial charge in [-0.05, 0) is 31.3 Å². The van der Waals surface area contributed by atoms with Crippen LogP contribution in [0.4, 0.5) is 0 Å². The molecule has 1 aliphatic rings. The summed E-state index contributed by atoms with van der Waals surface area (Å²) in [6.07, 6.45) is 1.43. The lowest BCUT2D eigenvalue weighted by molar-refractivity contribution is 0.0999. The molecule has 1 atom stereocenters. The third-order valence-corrected chi connectivity index (χ3v) is 3.77. The SMILES string of the molecule is CN1Cc2ccoc2C(Oc2ccc(C(N)=O)cc2Cl)C1. The fourth-order valence-corrected chi connectivity index (χ4v) is 2.70. The molecule has 1 aliphatic heterocycles. The Morgan fingerprint density at radius 1 is 1.48 bits per heavy atom. The van der Waals surface area contributed by atoms with Gasteiger partial charge in [0.05, 0.1) is 11.3 Å². The van der Waals surface area contributed by atoms with E-state index >= 15 is 0 Å². The van der Waals surface area contributed by atoms with Gasteiger partial charge in [-0.25, -0.2) is 0 Å². The number of furan rings is 1. The van der Waals surface area contributed by atoms with Crippen LogP contribution in [-0.2, 0) is 6.54 Å². The number of amides is 1. The van der Waals surface area contributed by atoms with Gasteiger partial charge in [0.2, 0.25) is 5.91 Å². The van der Waals surface area contributed by atoms with Crippen molar-refractivity contribution >= 4 is 17.5 Å². The topological polar surface area (TPSA) is 68.7 Å². The second kappa shape index (κ2) is 5.42. The highest BCUT2D eigenvalue weighted by atomic mass is 35.5. The number of ether oxygens (including phenoxy) is 1. The first kappa shape index (κ1) is 14.0. The molecule has 6 heteroatoms. The summed E-state index contributed by atoms with van der Waals surface area (Å²) in [7, 11) is 2.02. The summed E-state index contributed by atoms with van der Waals surface area (Å²) in [5.74, 6) is 0.807. The fraction of sp³-hybridized carbons (Fsp3) is 0.267. The first-order valence-electron chi connectivity index (χ1n) is 6.55. The van der Waals surface area contributed by atoms with Crippen molar-refractivity contribution in [1.29, 1.82) is 0 Å². The summed E-state index contributed by atoms with van der Waals surface area (Å²) in [6, 6.07) is 6.70. The van der Waals surface area contributed by atoms with E-state index in [9.17, 15) is 4.79 Å². The molecule has 0 aliphatic carbocycles. The van der Waals surface area contributed by atoms with E-state index in [4.69, 9.17) is 26.5 Å². The number of hydrogen-bond donors (Lipinski definition) is 1. The van der Waals surface area contributed by atoms with E-state index in [0.717, 1.165) is 17.9 Å². The van der Waals surface area contributed by atoms with Crippen LogP contribution in [0.2, 0.25) is 5.02 Å². The molecule has 5 nitrogen and oxygen atoms in total. The van der Waals surface area contributed by atoms with Gasteiger partial charge in [-0.1, -0.05) is 11.6 Å². The number of halogens is 1. The zero-order valence-corrected chi connectivity index (χ0v) is 12.3. The summed E-state index contributed by atoms with van der Waals surface area (Å²) in [4.78, 5) is 13.3. The largest absolute Gasteiger partial charge is 0.480 e. The van der Waals surface area contributed by atoms with Gasteiger partial charge < -0.3 is 14.9 Å². The normalized spacial score (nSPS) is 18.3. The Morgan fingerprint density at radius 3 is 3.00 bits per heavy atom. The van der Waals surface area contributed by atoms with Crippen molar-refractivity contribution in [3.8, 4) is 5.75 Å². The van der Waals surface area contributed by atoms with Crippen molar-refractivity contribution in [2.45, 2.75) is 12.6 Å². The van der Waals surface area contributed by atoms with Crippen LogP contribution in [-0.4, -0.2) is 24.4 Å². The summed E-state index contributed by atoms with van der Waals surface area (Å²) >= 11 is 6.15. The van der Waals surface area contributed by atoms with Crippen LogP contribution in [0.1, 0.15) is 27.8 Å². The van der Waals surface area contributed by atoms with Crippen LogP contribution in [0.25, 0.3) is 0 Å². The molecule has 110 valence electrons. The Hall–Kier alpha value is -1.98. The number of primary amides is 1. The standard InChI is InChI=1S/C15H15ClN2O3/c1-18-7-10-4-5-20-14(10)13(8-18)21-12-3-2-9(15(17)19)6-11(12)16/h2-6,13H,7-8H2,1H3,(H2,17,19). The van der Waals surface area contributed by atoms with E-state index in [1.807, 2.05) is 13.1 Å². The number of likely N-dealkylation sites (N-methyl/N-ethyl adjacent to an activating group) is 1. The number of carbonyl (C=O) groups is 1. The average Bonchev–Trinajstić information content (AvgIpc) is 2.88. The highest BCUT2D eigenvalue weighted by Crippen LogP contribution is 2.34. The third kappa shape index (κ3) is 2.75.